The average molecular weight is 256 g/mol. The Labute approximate surface area is 107 Å². The molecule has 1 aliphatic rings. The van der Waals surface area contributed by atoms with Gasteiger partial charge in [0.1, 0.15) is 16.9 Å². The molecule has 94 valence electrons. The van der Waals surface area contributed by atoms with Crippen LogP contribution in [0, 0.1) is 0 Å². The zero-order valence-corrected chi connectivity index (χ0v) is 9.60. The van der Waals surface area contributed by atoms with E-state index >= 15 is 0 Å². The molecular formula is C13H8N2O4. The SMILES string of the molecule is O=C1NC(=O)C(=Cc2cc3ccccc3o2)C(=O)N1. The summed E-state index contributed by atoms with van der Waals surface area (Å²) in [6, 6.07) is 8.19. The standard InChI is InChI=1S/C13H8N2O4/c16-11-9(12(17)15-13(18)14-11)6-8-5-7-3-1-2-4-10(7)19-8/h1-6H,(H2,14,15,16,17,18). The fraction of sp³-hybridized carbons (Fsp3) is 0. The summed E-state index contributed by atoms with van der Waals surface area (Å²) in [6.07, 6.45) is 1.30. The van der Waals surface area contributed by atoms with Gasteiger partial charge in [-0.2, -0.15) is 0 Å². The van der Waals surface area contributed by atoms with E-state index < -0.39 is 17.8 Å². The van der Waals surface area contributed by atoms with Crippen molar-refractivity contribution in [2.24, 2.45) is 0 Å². The first-order valence-electron chi connectivity index (χ1n) is 5.50. The fourth-order valence-corrected chi connectivity index (χ4v) is 1.82. The summed E-state index contributed by atoms with van der Waals surface area (Å²) in [5.41, 5.74) is 0.487. The maximum atomic E-state index is 11.5. The number of nitrogens with one attached hydrogen (secondary N) is 2. The second kappa shape index (κ2) is 4.09. The average Bonchev–Trinajstić information content (AvgIpc) is 2.76. The highest BCUT2D eigenvalue weighted by Crippen LogP contribution is 2.21. The summed E-state index contributed by atoms with van der Waals surface area (Å²) >= 11 is 0. The van der Waals surface area contributed by atoms with Crippen molar-refractivity contribution in [1.82, 2.24) is 10.6 Å². The van der Waals surface area contributed by atoms with Gasteiger partial charge < -0.3 is 4.42 Å². The van der Waals surface area contributed by atoms with Crippen LogP contribution in [0.3, 0.4) is 0 Å². The second-order valence-corrected chi connectivity index (χ2v) is 3.98. The number of benzene rings is 1. The lowest BCUT2D eigenvalue weighted by Crippen LogP contribution is -2.51. The quantitative estimate of drug-likeness (QED) is 0.592. The topological polar surface area (TPSA) is 88.4 Å². The molecule has 2 aromatic rings. The minimum Gasteiger partial charge on any atom is -0.457 e. The van der Waals surface area contributed by atoms with E-state index in [4.69, 9.17) is 4.42 Å². The van der Waals surface area contributed by atoms with Crippen LogP contribution in [0.1, 0.15) is 5.76 Å². The number of imide groups is 2. The number of rotatable bonds is 1. The van der Waals surface area contributed by atoms with Gasteiger partial charge in [-0.25, -0.2) is 4.79 Å². The van der Waals surface area contributed by atoms with Crippen LogP contribution in [0.15, 0.2) is 40.3 Å². The van der Waals surface area contributed by atoms with Gasteiger partial charge in [0.15, 0.2) is 0 Å². The number of furan rings is 1. The Hall–Kier alpha value is -2.89. The Kier molecular flexibility index (Phi) is 2.42. The molecule has 0 bridgehead atoms. The molecule has 4 amide bonds. The highest BCUT2D eigenvalue weighted by atomic mass is 16.3. The van der Waals surface area contributed by atoms with E-state index in [1.807, 2.05) is 28.8 Å². The number of urea groups is 1. The molecule has 19 heavy (non-hydrogen) atoms. The Bertz CT molecular complexity index is 687. The zero-order chi connectivity index (χ0) is 13.4. The van der Waals surface area contributed by atoms with Crippen molar-refractivity contribution < 1.29 is 18.8 Å². The van der Waals surface area contributed by atoms with E-state index in [2.05, 4.69) is 0 Å². The number of amides is 4. The highest BCUT2D eigenvalue weighted by molar-refractivity contribution is 6.31. The number of fused-ring (bicyclic) bond motifs is 1. The van der Waals surface area contributed by atoms with Crippen LogP contribution in [0.5, 0.6) is 0 Å². The maximum absolute atomic E-state index is 11.5. The monoisotopic (exact) mass is 256 g/mol. The molecule has 0 atom stereocenters. The van der Waals surface area contributed by atoms with Gasteiger partial charge in [-0.1, -0.05) is 18.2 Å². The lowest BCUT2D eigenvalue weighted by atomic mass is 10.1. The first-order chi connectivity index (χ1) is 9.13. The molecule has 1 saturated heterocycles. The van der Waals surface area contributed by atoms with Crippen molar-refractivity contribution in [3.05, 3.63) is 41.7 Å². The van der Waals surface area contributed by atoms with Gasteiger partial charge in [-0.3, -0.25) is 20.2 Å². The van der Waals surface area contributed by atoms with Crippen LogP contribution >= 0.6 is 0 Å². The van der Waals surface area contributed by atoms with Crippen molar-refractivity contribution in [2.75, 3.05) is 0 Å². The Morgan fingerprint density at radius 3 is 2.37 bits per heavy atom. The molecule has 2 N–H and O–H groups in total. The summed E-state index contributed by atoms with van der Waals surface area (Å²) in [5.74, 6) is -1.11. The van der Waals surface area contributed by atoms with E-state index in [1.54, 1.807) is 12.1 Å². The van der Waals surface area contributed by atoms with Crippen LogP contribution in [0.2, 0.25) is 0 Å². The molecule has 1 fully saturated rings. The molecule has 1 aromatic carbocycles. The number of barbiturate groups is 1. The van der Waals surface area contributed by atoms with Crippen molar-refractivity contribution in [3.63, 3.8) is 0 Å². The third kappa shape index (κ3) is 1.99. The summed E-state index contributed by atoms with van der Waals surface area (Å²) in [7, 11) is 0. The number of hydrogen-bond donors (Lipinski definition) is 2. The molecule has 0 unspecified atom stereocenters. The minimum absolute atomic E-state index is 0.168. The van der Waals surface area contributed by atoms with Gasteiger partial charge in [0.2, 0.25) is 0 Å². The van der Waals surface area contributed by atoms with Crippen molar-refractivity contribution >= 4 is 34.9 Å². The van der Waals surface area contributed by atoms with Gasteiger partial charge in [0, 0.05) is 5.39 Å². The molecule has 3 rings (SSSR count). The molecule has 2 heterocycles. The molecule has 0 spiro atoms. The maximum Gasteiger partial charge on any atom is 0.328 e. The fourth-order valence-electron chi connectivity index (χ4n) is 1.82. The lowest BCUT2D eigenvalue weighted by Gasteiger charge is -2.13. The van der Waals surface area contributed by atoms with Crippen LogP contribution < -0.4 is 10.6 Å². The number of carbonyl (C=O) groups excluding carboxylic acids is 3. The van der Waals surface area contributed by atoms with Crippen molar-refractivity contribution in [3.8, 4) is 0 Å². The van der Waals surface area contributed by atoms with Crippen LogP contribution in [0.25, 0.3) is 17.0 Å². The Morgan fingerprint density at radius 2 is 1.68 bits per heavy atom. The van der Waals surface area contributed by atoms with Gasteiger partial charge >= 0.3 is 6.03 Å². The van der Waals surface area contributed by atoms with Gasteiger partial charge in [-0.15, -0.1) is 0 Å². The van der Waals surface area contributed by atoms with Crippen molar-refractivity contribution in [1.29, 1.82) is 0 Å². The molecular weight excluding hydrogens is 248 g/mol. The van der Waals surface area contributed by atoms with Crippen LogP contribution in [-0.4, -0.2) is 17.8 Å². The molecule has 0 aliphatic carbocycles. The third-order valence-electron chi connectivity index (χ3n) is 2.67. The summed E-state index contributed by atoms with van der Waals surface area (Å²) in [4.78, 5) is 34.0. The highest BCUT2D eigenvalue weighted by Gasteiger charge is 2.28. The van der Waals surface area contributed by atoms with E-state index in [9.17, 15) is 14.4 Å². The van der Waals surface area contributed by atoms with E-state index in [-0.39, 0.29) is 5.57 Å². The molecule has 6 nitrogen and oxygen atoms in total. The summed E-state index contributed by atoms with van der Waals surface area (Å²) in [6.45, 7) is 0. The smallest absolute Gasteiger partial charge is 0.328 e. The van der Waals surface area contributed by atoms with E-state index in [0.717, 1.165) is 5.39 Å². The van der Waals surface area contributed by atoms with Gasteiger partial charge in [0.05, 0.1) is 0 Å². The van der Waals surface area contributed by atoms with E-state index in [0.29, 0.717) is 11.3 Å². The van der Waals surface area contributed by atoms with E-state index in [1.165, 1.54) is 6.08 Å². The van der Waals surface area contributed by atoms with Crippen LogP contribution in [-0.2, 0) is 9.59 Å². The predicted octanol–water partition coefficient (Wildman–Crippen LogP) is 1.18. The molecule has 6 heteroatoms. The lowest BCUT2D eigenvalue weighted by molar-refractivity contribution is -0.123. The van der Waals surface area contributed by atoms with Gasteiger partial charge in [0.25, 0.3) is 11.8 Å². The van der Waals surface area contributed by atoms with Crippen molar-refractivity contribution in [2.45, 2.75) is 0 Å². The normalized spacial score (nSPS) is 15.4. The first kappa shape index (κ1) is 11.2. The number of carbonyl (C=O) groups is 3. The summed E-state index contributed by atoms with van der Waals surface area (Å²) < 4.78 is 5.47. The molecule has 0 saturated carbocycles. The predicted molar refractivity (Wildman–Crippen MR) is 65.9 cm³/mol. The summed E-state index contributed by atoms with van der Waals surface area (Å²) in [5, 5.41) is 4.85. The molecule has 1 aliphatic heterocycles. The van der Waals surface area contributed by atoms with Crippen LogP contribution in [0.4, 0.5) is 4.79 Å². The Morgan fingerprint density at radius 1 is 1.00 bits per heavy atom. The molecule has 1 aromatic heterocycles. The third-order valence-corrected chi connectivity index (χ3v) is 2.67. The second-order valence-electron chi connectivity index (χ2n) is 3.98. The molecule has 0 radical (unpaired) electrons. The Balaban J connectivity index is 2.02. The number of para-hydroxylation sites is 1. The largest absolute Gasteiger partial charge is 0.457 e. The minimum atomic E-state index is -0.822. The first-order valence-corrected chi connectivity index (χ1v) is 5.50. The zero-order valence-electron chi connectivity index (χ0n) is 9.60. The number of hydrogen-bond acceptors (Lipinski definition) is 4. The van der Waals surface area contributed by atoms with Gasteiger partial charge in [-0.05, 0) is 18.2 Å².